The molecule has 0 saturated carbocycles. The molecule has 0 aliphatic heterocycles. The van der Waals surface area contributed by atoms with Crippen LogP contribution in [-0.4, -0.2) is 25.0 Å². The molecule has 5 rings (SSSR count). The Morgan fingerprint density at radius 2 is 1.68 bits per heavy atom. The summed E-state index contributed by atoms with van der Waals surface area (Å²) in [7, 11) is 2.91. The number of aromatic nitrogens is 4. The van der Waals surface area contributed by atoms with Crippen molar-refractivity contribution in [3.05, 3.63) is 99.1 Å². The van der Waals surface area contributed by atoms with Gasteiger partial charge in [-0.1, -0.05) is 18.2 Å². The molecule has 0 saturated heterocycles. The van der Waals surface area contributed by atoms with E-state index < -0.39 is 17.2 Å². The molecule has 8 nitrogen and oxygen atoms in total. The maximum atomic E-state index is 13.4. The highest BCUT2D eigenvalue weighted by Crippen LogP contribution is 2.26. The van der Waals surface area contributed by atoms with E-state index in [0.717, 1.165) is 4.57 Å². The fraction of sp³-hybridized carbons (Fsp3) is 0.0800. The molecule has 5 aromatic rings. The van der Waals surface area contributed by atoms with Crippen molar-refractivity contribution >= 4 is 33.5 Å². The summed E-state index contributed by atoms with van der Waals surface area (Å²) >= 11 is 0. The number of amides is 1. The lowest BCUT2D eigenvalue weighted by Crippen LogP contribution is -2.37. The summed E-state index contributed by atoms with van der Waals surface area (Å²) in [6.45, 7) is 0. The number of pyridine rings is 2. The van der Waals surface area contributed by atoms with E-state index in [4.69, 9.17) is 0 Å². The second kappa shape index (κ2) is 8.04. The normalized spacial score (nSPS) is 11.1. The summed E-state index contributed by atoms with van der Waals surface area (Å²) in [5.74, 6) is -0.792. The van der Waals surface area contributed by atoms with Gasteiger partial charge < -0.3 is 5.32 Å². The van der Waals surface area contributed by atoms with Crippen LogP contribution in [0.25, 0.3) is 33.2 Å². The maximum absolute atomic E-state index is 13.4. The van der Waals surface area contributed by atoms with Crippen LogP contribution in [0.15, 0.2) is 76.4 Å². The van der Waals surface area contributed by atoms with Gasteiger partial charge in [-0.25, -0.2) is 19.2 Å². The van der Waals surface area contributed by atoms with E-state index in [1.54, 1.807) is 36.4 Å². The van der Waals surface area contributed by atoms with Crippen molar-refractivity contribution in [2.45, 2.75) is 0 Å². The third-order valence-electron chi connectivity index (χ3n) is 5.65. The summed E-state index contributed by atoms with van der Waals surface area (Å²) in [5.41, 5.74) is 1.68. The lowest BCUT2D eigenvalue weighted by atomic mass is 10.0. The molecule has 0 spiro atoms. The van der Waals surface area contributed by atoms with Crippen LogP contribution in [0, 0.1) is 5.82 Å². The highest BCUT2D eigenvalue weighted by molar-refractivity contribution is 6.13. The SMILES string of the molecule is Cn1c(=O)c2cc(NC(=O)c3cc(-c4ccc(F)cc4)nc4ccccc34)cnc2n(C)c1=O. The molecule has 0 unspecified atom stereocenters. The molecule has 0 bridgehead atoms. The Balaban J connectivity index is 1.60. The van der Waals surface area contributed by atoms with Gasteiger partial charge in [0.05, 0.1) is 34.0 Å². The number of benzene rings is 2. The first kappa shape index (κ1) is 21.2. The molecule has 1 amide bonds. The number of fused-ring (bicyclic) bond motifs is 2. The Hall–Kier alpha value is -4.66. The summed E-state index contributed by atoms with van der Waals surface area (Å²) in [6.07, 6.45) is 1.39. The highest BCUT2D eigenvalue weighted by Gasteiger charge is 2.16. The average Bonchev–Trinajstić information content (AvgIpc) is 2.86. The molecule has 9 heteroatoms. The van der Waals surface area contributed by atoms with E-state index in [9.17, 15) is 18.8 Å². The number of rotatable bonds is 3. The Kier molecular flexibility index (Phi) is 5.01. The molecule has 0 fully saturated rings. The first-order chi connectivity index (χ1) is 16.3. The van der Waals surface area contributed by atoms with E-state index in [1.165, 1.54) is 43.1 Å². The molecule has 1 N–H and O–H groups in total. The standard InChI is InChI=1S/C25H18FN5O3/c1-30-22-19(24(33)31(2)25(30)34)11-16(13-27-22)28-23(32)18-12-21(14-7-9-15(26)10-8-14)29-20-6-4-3-5-17(18)20/h3-13H,1-2H3,(H,28,32). The third-order valence-corrected chi connectivity index (χ3v) is 5.65. The quantitative estimate of drug-likeness (QED) is 0.450. The van der Waals surface area contributed by atoms with Crippen LogP contribution in [0.5, 0.6) is 0 Å². The number of carbonyl (C=O) groups excluding carboxylic acids is 1. The number of halogens is 1. The molecule has 34 heavy (non-hydrogen) atoms. The Bertz CT molecular complexity index is 1720. The average molecular weight is 455 g/mol. The van der Waals surface area contributed by atoms with Gasteiger partial charge in [0, 0.05) is 25.0 Å². The van der Waals surface area contributed by atoms with Gasteiger partial charge in [-0.15, -0.1) is 0 Å². The van der Waals surface area contributed by atoms with Crippen molar-refractivity contribution in [2.24, 2.45) is 14.1 Å². The fourth-order valence-electron chi connectivity index (χ4n) is 3.86. The zero-order chi connectivity index (χ0) is 24.0. The van der Waals surface area contributed by atoms with Gasteiger partial charge >= 0.3 is 5.69 Å². The fourth-order valence-corrected chi connectivity index (χ4v) is 3.86. The van der Waals surface area contributed by atoms with E-state index in [1.807, 2.05) is 6.07 Å². The van der Waals surface area contributed by atoms with Crippen molar-refractivity contribution in [3.8, 4) is 11.3 Å². The lowest BCUT2D eigenvalue weighted by Gasteiger charge is -2.12. The van der Waals surface area contributed by atoms with Crippen molar-refractivity contribution in [1.29, 1.82) is 0 Å². The Morgan fingerprint density at radius 1 is 0.941 bits per heavy atom. The van der Waals surface area contributed by atoms with Crippen LogP contribution < -0.4 is 16.6 Å². The van der Waals surface area contributed by atoms with Gasteiger partial charge in [0.25, 0.3) is 11.5 Å². The summed E-state index contributed by atoms with van der Waals surface area (Å²) < 4.78 is 15.6. The smallest absolute Gasteiger partial charge is 0.321 e. The maximum Gasteiger partial charge on any atom is 0.332 e. The minimum absolute atomic E-state index is 0.203. The van der Waals surface area contributed by atoms with Crippen LogP contribution in [0.4, 0.5) is 10.1 Å². The second-order valence-corrected chi connectivity index (χ2v) is 7.83. The molecular weight excluding hydrogens is 437 g/mol. The number of nitrogens with zero attached hydrogens (tertiary/aromatic N) is 4. The van der Waals surface area contributed by atoms with Gasteiger partial charge in [0.15, 0.2) is 0 Å². The van der Waals surface area contributed by atoms with Crippen molar-refractivity contribution in [3.63, 3.8) is 0 Å². The van der Waals surface area contributed by atoms with Crippen LogP contribution in [0.3, 0.4) is 0 Å². The zero-order valence-corrected chi connectivity index (χ0v) is 18.2. The van der Waals surface area contributed by atoms with Gasteiger partial charge in [-0.05, 0) is 42.5 Å². The molecule has 3 aromatic heterocycles. The number of carbonyl (C=O) groups is 1. The summed E-state index contributed by atoms with van der Waals surface area (Å²) in [4.78, 5) is 46.8. The van der Waals surface area contributed by atoms with Crippen molar-refractivity contribution in [2.75, 3.05) is 5.32 Å². The van der Waals surface area contributed by atoms with Crippen LogP contribution in [0.2, 0.25) is 0 Å². The number of anilines is 1. The van der Waals surface area contributed by atoms with Crippen LogP contribution in [0.1, 0.15) is 10.4 Å². The number of hydrogen-bond donors (Lipinski definition) is 1. The minimum atomic E-state index is -0.505. The summed E-state index contributed by atoms with van der Waals surface area (Å²) in [5, 5.41) is 3.63. The predicted molar refractivity (Wildman–Crippen MR) is 127 cm³/mol. The van der Waals surface area contributed by atoms with E-state index in [0.29, 0.717) is 33.4 Å². The van der Waals surface area contributed by atoms with Crippen LogP contribution in [-0.2, 0) is 14.1 Å². The minimum Gasteiger partial charge on any atom is -0.321 e. The molecule has 0 aliphatic rings. The van der Waals surface area contributed by atoms with E-state index >= 15 is 0 Å². The Labute approximate surface area is 192 Å². The highest BCUT2D eigenvalue weighted by atomic mass is 19.1. The molecule has 0 atom stereocenters. The van der Waals surface area contributed by atoms with Gasteiger partial charge in [-0.3, -0.25) is 18.7 Å². The Morgan fingerprint density at radius 3 is 2.44 bits per heavy atom. The second-order valence-electron chi connectivity index (χ2n) is 7.83. The third kappa shape index (κ3) is 3.53. The number of aryl methyl sites for hydroxylation is 1. The predicted octanol–water partition coefficient (Wildman–Crippen LogP) is 3.24. The molecule has 168 valence electrons. The van der Waals surface area contributed by atoms with Crippen LogP contribution >= 0.6 is 0 Å². The molecule has 0 aliphatic carbocycles. The number of nitrogens with one attached hydrogen (secondary N) is 1. The molecule has 0 radical (unpaired) electrons. The van der Waals surface area contributed by atoms with Gasteiger partial charge in [-0.2, -0.15) is 0 Å². The van der Waals surface area contributed by atoms with E-state index in [2.05, 4.69) is 15.3 Å². The first-order valence-electron chi connectivity index (χ1n) is 10.4. The molecule has 3 heterocycles. The molecule has 2 aromatic carbocycles. The summed E-state index contributed by atoms with van der Waals surface area (Å²) in [6, 6.07) is 16.2. The van der Waals surface area contributed by atoms with Gasteiger partial charge in [0.2, 0.25) is 0 Å². The van der Waals surface area contributed by atoms with Crippen molar-refractivity contribution < 1.29 is 9.18 Å². The monoisotopic (exact) mass is 455 g/mol. The van der Waals surface area contributed by atoms with Gasteiger partial charge in [0.1, 0.15) is 11.5 Å². The van der Waals surface area contributed by atoms with Crippen molar-refractivity contribution in [1.82, 2.24) is 19.1 Å². The zero-order valence-electron chi connectivity index (χ0n) is 18.2. The topological polar surface area (TPSA) is 98.9 Å². The van der Waals surface area contributed by atoms with E-state index in [-0.39, 0.29) is 16.9 Å². The number of hydrogen-bond acceptors (Lipinski definition) is 5. The number of para-hydroxylation sites is 1. The first-order valence-corrected chi connectivity index (χ1v) is 10.4. The molecular formula is C25H18FN5O3. The lowest BCUT2D eigenvalue weighted by molar-refractivity contribution is 0.102. The largest absolute Gasteiger partial charge is 0.332 e.